The van der Waals surface area contributed by atoms with Gasteiger partial charge in [-0.2, -0.15) is 0 Å². The van der Waals surface area contributed by atoms with Crippen molar-refractivity contribution in [3.63, 3.8) is 0 Å². The van der Waals surface area contributed by atoms with Gasteiger partial charge < -0.3 is 5.32 Å². The van der Waals surface area contributed by atoms with E-state index >= 15 is 0 Å². The topological polar surface area (TPSA) is 49.4 Å². The lowest BCUT2D eigenvalue weighted by atomic mass is 10.2. The fourth-order valence-electron chi connectivity index (χ4n) is 3.37. The van der Waals surface area contributed by atoms with E-state index in [1.54, 1.807) is 16.2 Å². The van der Waals surface area contributed by atoms with Crippen molar-refractivity contribution in [2.24, 2.45) is 0 Å². The highest BCUT2D eigenvalue weighted by Crippen LogP contribution is 2.29. The van der Waals surface area contributed by atoms with Crippen LogP contribution in [0.15, 0.2) is 72.8 Å². The van der Waals surface area contributed by atoms with Gasteiger partial charge in [0.25, 0.3) is 0 Å². The summed E-state index contributed by atoms with van der Waals surface area (Å²) in [5.74, 6) is -0.0943. The molecule has 2 aromatic carbocycles. The number of amides is 2. The maximum Gasteiger partial charge on any atom is 0.243 e. The Labute approximate surface area is 162 Å². The van der Waals surface area contributed by atoms with Crippen molar-refractivity contribution in [3.05, 3.63) is 77.7 Å². The number of nitrogens with one attached hydrogen (secondary N) is 1. The molecule has 4 rings (SSSR count). The van der Waals surface area contributed by atoms with Crippen molar-refractivity contribution < 1.29 is 9.59 Å². The van der Waals surface area contributed by atoms with Crippen LogP contribution in [0.5, 0.6) is 0 Å². The summed E-state index contributed by atoms with van der Waals surface area (Å²) in [6, 6.07) is 23.3. The monoisotopic (exact) mass is 376 g/mol. The molecule has 136 valence electrons. The summed E-state index contributed by atoms with van der Waals surface area (Å²) < 4.78 is 0. The minimum absolute atomic E-state index is 0.00355. The van der Waals surface area contributed by atoms with Gasteiger partial charge in [-0.3, -0.25) is 14.5 Å². The lowest BCUT2D eigenvalue weighted by Crippen LogP contribution is -2.44. The van der Waals surface area contributed by atoms with Crippen LogP contribution in [0.25, 0.3) is 10.4 Å². The van der Waals surface area contributed by atoms with E-state index in [0.717, 1.165) is 10.6 Å². The zero-order valence-electron chi connectivity index (χ0n) is 14.8. The molecule has 4 nitrogen and oxygen atoms in total. The van der Waals surface area contributed by atoms with E-state index in [2.05, 4.69) is 23.5 Å². The van der Waals surface area contributed by atoms with Crippen LogP contribution in [0, 0.1) is 0 Å². The zero-order valence-corrected chi connectivity index (χ0v) is 15.6. The van der Waals surface area contributed by atoms with Crippen molar-refractivity contribution in [1.82, 2.24) is 5.32 Å². The standard InChI is InChI=1S/C22H20N2O2S/c25-21-14-12-19(24(21)17-9-5-2-6-10-17)22(26)23-15-18-11-13-20(27-18)16-7-3-1-4-8-16/h1-11,13,19H,12,14-15H2,(H,23,26). The summed E-state index contributed by atoms with van der Waals surface area (Å²) in [6.45, 7) is 0.476. The average molecular weight is 376 g/mol. The summed E-state index contributed by atoms with van der Waals surface area (Å²) in [5.41, 5.74) is 1.96. The van der Waals surface area contributed by atoms with Crippen LogP contribution < -0.4 is 10.2 Å². The van der Waals surface area contributed by atoms with Crippen LogP contribution in [0.2, 0.25) is 0 Å². The SMILES string of the molecule is O=C(NCc1ccc(-c2ccccc2)s1)C1CCC(=O)N1c1ccccc1. The highest BCUT2D eigenvalue weighted by Gasteiger charge is 2.36. The highest BCUT2D eigenvalue weighted by atomic mass is 32.1. The third kappa shape index (κ3) is 3.78. The highest BCUT2D eigenvalue weighted by molar-refractivity contribution is 7.15. The molecule has 0 aliphatic carbocycles. The summed E-state index contributed by atoms with van der Waals surface area (Å²) in [6.07, 6.45) is 0.962. The summed E-state index contributed by atoms with van der Waals surface area (Å²) in [7, 11) is 0. The molecule has 1 aromatic heterocycles. The Morgan fingerprint density at radius 2 is 1.70 bits per heavy atom. The number of anilines is 1. The van der Waals surface area contributed by atoms with Gasteiger partial charge in [-0.05, 0) is 36.2 Å². The summed E-state index contributed by atoms with van der Waals surface area (Å²) in [4.78, 5) is 28.9. The Morgan fingerprint density at radius 3 is 2.44 bits per heavy atom. The first-order valence-corrected chi connectivity index (χ1v) is 9.83. The predicted octanol–water partition coefficient (Wildman–Crippen LogP) is 4.23. The van der Waals surface area contributed by atoms with Crippen LogP contribution >= 0.6 is 11.3 Å². The number of rotatable bonds is 5. The van der Waals surface area contributed by atoms with Gasteiger partial charge >= 0.3 is 0 Å². The van der Waals surface area contributed by atoms with Crippen molar-refractivity contribution in [2.75, 3.05) is 4.90 Å². The first kappa shape index (κ1) is 17.5. The average Bonchev–Trinajstić information content (AvgIpc) is 3.34. The van der Waals surface area contributed by atoms with E-state index in [1.807, 2.05) is 54.6 Å². The van der Waals surface area contributed by atoms with Crippen LogP contribution in [0.1, 0.15) is 17.7 Å². The third-order valence-corrected chi connectivity index (χ3v) is 5.84. The quantitative estimate of drug-likeness (QED) is 0.725. The predicted molar refractivity (Wildman–Crippen MR) is 109 cm³/mol. The lowest BCUT2D eigenvalue weighted by Gasteiger charge is -2.24. The Morgan fingerprint density at radius 1 is 1.00 bits per heavy atom. The molecule has 5 heteroatoms. The van der Waals surface area contributed by atoms with Gasteiger partial charge in [0.05, 0.1) is 6.54 Å². The van der Waals surface area contributed by atoms with Crippen molar-refractivity contribution in [2.45, 2.75) is 25.4 Å². The molecule has 2 heterocycles. The molecule has 1 atom stereocenters. The molecule has 1 saturated heterocycles. The van der Waals surface area contributed by atoms with E-state index in [-0.39, 0.29) is 11.8 Å². The number of nitrogens with zero attached hydrogens (tertiary/aromatic N) is 1. The van der Waals surface area contributed by atoms with Gasteiger partial charge in [-0.15, -0.1) is 11.3 Å². The number of carbonyl (C=O) groups excluding carboxylic acids is 2. The molecule has 1 aliphatic heterocycles. The van der Waals surface area contributed by atoms with E-state index < -0.39 is 6.04 Å². The molecule has 0 saturated carbocycles. The van der Waals surface area contributed by atoms with Crippen LogP contribution in [0.3, 0.4) is 0 Å². The van der Waals surface area contributed by atoms with Crippen molar-refractivity contribution in [1.29, 1.82) is 0 Å². The smallest absolute Gasteiger partial charge is 0.243 e. The van der Waals surface area contributed by atoms with Gasteiger partial charge in [0.15, 0.2) is 0 Å². The lowest BCUT2D eigenvalue weighted by molar-refractivity contribution is -0.124. The molecular formula is C22H20N2O2S. The fourth-order valence-corrected chi connectivity index (χ4v) is 4.32. The zero-order chi connectivity index (χ0) is 18.6. The molecule has 1 N–H and O–H groups in total. The molecule has 1 fully saturated rings. The van der Waals surface area contributed by atoms with Gasteiger partial charge in [-0.1, -0.05) is 48.5 Å². The van der Waals surface area contributed by atoms with Gasteiger partial charge in [-0.25, -0.2) is 0 Å². The second-order valence-corrected chi connectivity index (χ2v) is 7.67. The number of benzene rings is 2. The normalized spacial score (nSPS) is 16.5. The molecule has 0 bridgehead atoms. The van der Waals surface area contributed by atoms with Gasteiger partial charge in [0.2, 0.25) is 11.8 Å². The molecule has 2 amide bonds. The second-order valence-electron chi connectivity index (χ2n) is 6.50. The molecule has 1 unspecified atom stereocenters. The van der Waals surface area contributed by atoms with E-state index in [4.69, 9.17) is 0 Å². The molecule has 3 aromatic rings. The Bertz CT molecular complexity index is 937. The summed E-state index contributed by atoms with van der Waals surface area (Å²) >= 11 is 1.67. The van der Waals surface area contributed by atoms with E-state index in [9.17, 15) is 9.59 Å². The Hall–Kier alpha value is -2.92. The molecule has 0 radical (unpaired) electrons. The maximum absolute atomic E-state index is 12.7. The molecular weight excluding hydrogens is 356 g/mol. The van der Waals surface area contributed by atoms with E-state index in [0.29, 0.717) is 19.4 Å². The fraction of sp³-hybridized carbons (Fsp3) is 0.182. The number of hydrogen-bond acceptors (Lipinski definition) is 3. The van der Waals surface area contributed by atoms with Crippen LogP contribution in [-0.4, -0.2) is 17.9 Å². The number of para-hydroxylation sites is 1. The second kappa shape index (κ2) is 7.76. The Balaban J connectivity index is 1.42. The number of carbonyl (C=O) groups is 2. The first-order chi connectivity index (χ1) is 13.2. The minimum Gasteiger partial charge on any atom is -0.349 e. The van der Waals surface area contributed by atoms with Crippen LogP contribution in [-0.2, 0) is 16.1 Å². The number of hydrogen-bond donors (Lipinski definition) is 1. The molecule has 1 aliphatic rings. The summed E-state index contributed by atoms with van der Waals surface area (Å²) in [5, 5.41) is 3.00. The van der Waals surface area contributed by atoms with Gasteiger partial charge in [0, 0.05) is 21.9 Å². The Kier molecular flexibility index (Phi) is 5.03. The largest absolute Gasteiger partial charge is 0.349 e. The number of thiophene rings is 1. The van der Waals surface area contributed by atoms with Gasteiger partial charge in [0.1, 0.15) is 6.04 Å². The van der Waals surface area contributed by atoms with E-state index in [1.165, 1.54) is 10.4 Å². The third-order valence-electron chi connectivity index (χ3n) is 4.71. The minimum atomic E-state index is -0.437. The van der Waals surface area contributed by atoms with Crippen molar-refractivity contribution in [3.8, 4) is 10.4 Å². The maximum atomic E-state index is 12.7. The van der Waals surface area contributed by atoms with Crippen LogP contribution in [0.4, 0.5) is 5.69 Å². The molecule has 27 heavy (non-hydrogen) atoms. The first-order valence-electron chi connectivity index (χ1n) is 9.01. The van der Waals surface area contributed by atoms with Crippen molar-refractivity contribution >= 4 is 28.8 Å². The molecule has 0 spiro atoms.